The number of carbonyl (C=O) groups excluding carboxylic acids is 1. The Kier molecular flexibility index (Phi) is 4.78. The first-order valence-electron chi connectivity index (χ1n) is 5.63. The first kappa shape index (κ1) is 13.1. The zero-order chi connectivity index (χ0) is 12.8. The van der Waals surface area contributed by atoms with Gasteiger partial charge in [-0.15, -0.1) is 11.3 Å². The van der Waals surface area contributed by atoms with Crippen LogP contribution >= 0.6 is 23.1 Å². The Hall–Kier alpha value is -1.33. The Morgan fingerprint density at radius 1 is 1.44 bits per heavy atom. The zero-order valence-electron chi connectivity index (χ0n) is 10.00. The van der Waals surface area contributed by atoms with E-state index in [1.165, 1.54) is 16.6 Å². The summed E-state index contributed by atoms with van der Waals surface area (Å²) in [6.07, 6.45) is 1.73. The average Bonchev–Trinajstić information content (AvgIpc) is 2.90. The second-order valence-electron chi connectivity index (χ2n) is 3.73. The number of nitrogens with one attached hydrogen (secondary N) is 1. The van der Waals surface area contributed by atoms with Crippen LogP contribution in [0.25, 0.3) is 0 Å². The molecule has 0 aliphatic heterocycles. The van der Waals surface area contributed by atoms with Crippen LogP contribution in [0.2, 0.25) is 0 Å². The smallest absolute Gasteiger partial charge is 0.233 e. The van der Waals surface area contributed by atoms with E-state index in [-0.39, 0.29) is 11.2 Å². The number of nitrogens with zero attached hydrogens (tertiary/aromatic N) is 1. The third kappa shape index (κ3) is 3.85. The van der Waals surface area contributed by atoms with Crippen LogP contribution in [0.4, 0.5) is 0 Å². The van der Waals surface area contributed by atoms with Crippen LogP contribution in [0.5, 0.6) is 0 Å². The number of hydrogen-bond donors (Lipinski definition) is 1. The summed E-state index contributed by atoms with van der Waals surface area (Å²) in [6.45, 7) is 2.49. The minimum absolute atomic E-state index is 0.0408. The molecule has 0 fully saturated rings. The summed E-state index contributed by atoms with van der Waals surface area (Å²) in [6, 6.07) is 9.70. The van der Waals surface area contributed by atoms with Gasteiger partial charge in [0.2, 0.25) is 5.91 Å². The fourth-order valence-electron chi connectivity index (χ4n) is 1.38. The maximum absolute atomic E-state index is 11.9. The molecule has 0 unspecified atom stereocenters. The number of carbonyl (C=O) groups is 1. The van der Waals surface area contributed by atoms with Gasteiger partial charge in [0.1, 0.15) is 0 Å². The molecule has 18 heavy (non-hydrogen) atoms. The Bertz CT molecular complexity index is 485. The SMILES string of the molecule is C[C@H](Sc1ccccn1)C(=O)NCc1cccs1. The third-order valence-electron chi connectivity index (χ3n) is 2.32. The highest BCUT2D eigenvalue weighted by molar-refractivity contribution is 8.00. The van der Waals surface area contributed by atoms with Crippen LogP contribution in [0.15, 0.2) is 46.9 Å². The second kappa shape index (κ2) is 6.56. The number of aromatic nitrogens is 1. The van der Waals surface area contributed by atoms with Crippen molar-refractivity contribution < 1.29 is 4.79 Å². The highest BCUT2D eigenvalue weighted by Crippen LogP contribution is 2.20. The molecular weight excluding hydrogens is 264 g/mol. The highest BCUT2D eigenvalue weighted by Gasteiger charge is 2.14. The van der Waals surface area contributed by atoms with Crippen molar-refractivity contribution in [3.8, 4) is 0 Å². The lowest BCUT2D eigenvalue weighted by molar-refractivity contribution is -0.120. The molecule has 2 aromatic rings. The van der Waals surface area contributed by atoms with E-state index in [1.807, 2.05) is 42.6 Å². The predicted octanol–water partition coefficient (Wildman–Crippen LogP) is 2.94. The molecule has 5 heteroatoms. The maximum Gasteiger partial charge on any atom is 0.233 e. The lowest BCUT2D eigenvalue weighted by Gasteiger charge is -2.10. The monoisotopic (exact) mass is 278 g/mol. The predicted molar refractivity (Wildman–Crippen MR) is 75.7 cm³/mol. The number of thioether (sulfide) groups is 1. The molecule has 94 valence electrons. The highest BCUT2D eigenvalue weighted by atomic mass is 32.2. The molecule has 0 spiro atoms. The molecule has 0 saturated carbocycles. The van der Waals surface area contributed by atoms with Crippen LogP contribution in [-0.4, -0.2) is 16.1 Å². The molecule has 0 aliphatic rings. The van der Waals surface area contributed by atoms with Gasteiger partial charge in [0.25, 0.3) is 0 Å². The van der Waals surface area contributed by atoms with E-state index in [4.69, 9.17) is 0 Å². The molecule has 0 bridgehead atoms. The van der Waals surface area contributed by atoms with E-state index in [0.29, 0.717) is 6.54 Å². The minimum Gasteiger partial charge on any atom is -0.350 e. The minimum atomic E-state index is -0.139. The van der Waals surface area contributed by atoms with Gasteiger partial charge < -0.3 is 5.32 Å². The maximum atomic E-state index is 11.9. The van der Waals surface area contributed by atoms with Crippen molar-refractivity contribution in [2.45, 2.75) is 23.7 Å². The molecular formula is C13H14N2OS2. The number of rotatable bonds is 5. The fraction of sp³-hybridized carbons (Fsp3) is 0.231. The van der Waals surface area contributed by atoms with Gasteiger partial charge in [-0.1, -0.05) is 23.9 Å². The van der Waals surface area contributed by atoms with Gasteiger partial charge in [0, 0.05) is 11.1 Å². The van der Waals surface area contributed by atoms with Crippen molar-refractivity contribution in [2.24, 2.45) is 0 Å². The molecule has 1 atom stereocenters. The van der Waals surface area contributed by atoms with Gasteiger partial charge in [0.15, 0.2) is 0 Å². The molecule has 2 aromatic heterocycles. The van der Waals surface area contributed by atoms with Crippen molar-refractivity contribution in [3.05, 3.63) is 46.8 Å². The van der Waals surface area contributed by atoms with Gasteiger partial charge in [0.05, 0.1) is 16.8 Å². The van der Waals surface area contributed by atoms with Crippen LogP contribution < -0.4 is 5.32 Å². The first-order chi connectivity index (χ1) is 8.75. The first-order valence-corrected chi connectivity index (χ1v) is 7.39. The van der Waals surface area contributed by atoms with E-state index >= 15 is 0 Å². The average molecular weight is 278 g/mol. The van der Waals surface area contributed by atoms with Gasteiger partial charge in [-0.25, -0.2) is 4.98 Å². The van der Waals surface area contributed by atoms with Gasteiger partial charge in [-0.2, -0.15) is 0 Å². The largest absolute Gasteiger partial charge is 0.350 e. The summed E-state index contributed by atoms with van der Waals surface area (Å²) >= 11 is 3.12. The Morgan fingerprint density at radius 2 is 2.33 bits per heavy atom. The lowest BCUT2D eigenvalue weighted by Crippen LogP contribution is -2.30. The normalized spacial score (nSPS) is 12.1. The number of amides is 1. The molecule has 1 amide bonds. The summed E-state index contributed by atoms with van der Waals surface area (Å²) < 4.78 is 0. The van der Waals surface area contributed by atoms with Crippen LogP contribution in [0, 0.1) is 0 Å². The molecule has 0 aliphatic carbocycles. The summed E-state index contributed by atoms with van der Waals surface area (Å²) in [7, 11) is 0. The molecule has 2 rings (SSSR count). The molecule has 0 radical (unpaired) electrons. The summed E-state index contributed by atoms with van der Waals surface area (Å²) in [4.78, 5) is 17.2. The van der Waals surface area contributed by atoms with Gasteiger partial charge in [-0.3, -0.25) is 4.79 Å². The van der Waals surface area contributed by atoms with Crippen molar-refractivity contribution in [1.29, 1.82) is 0 Å². The van der Waals surface area contributed by atoms with E-state index in [2.05, 4.69) is 10.3 Å². The Labute approximate surface area is 115 Å². The lowest BCUT2D eigenvalue weighted by atomic mass is 10.4. The van der Waals surface area contributed by atoms with Crippen molar-refractivity contribution in [1.82, 2.24) is 10.3 Å². The van der Waals surface area contributed by atoms with E-state index in [9.17, 15) is 4.79 Å². The molecule has 1 N–H and O–H groups in total. The van der Waals surface area contributed by atoms with Gasteiger partial charge >= 0.3 is 0 Å². The van der Waals surface area contributed by atoms with Crippen LogP contribution in [-0.2, 0) is 11.3 Å². The topological polar surface area (TPSA) is 42.0 Å². The van der Waals surface area contributed by atoms with Crippen molar-refractivity contribution in [2.75, 3.05) is 0 Å². The quantitative estimate of drug-likeness (QED) is 0.855. The van der Waals surface area contributed by atoms with Crippen molar-refractivity contribution in [3.63, 3.8) is 0 Å². The zero-order valence-corrected chi connectivity index (χ0v) is 11.6. The van der Waals surface area contributed by atoms with Crippen LogP contribution in [0.3, 0.4) is 0 Å². The number of hydrogen-bond acceptors (Lipinski definition) is 4. The van der Waals surface area contributed by atoms with E-state index in [1.54, 1.807) is 17.5 Å². The summed E-state index contributed by atoms with van der Waals surface area (Å²) in [5, 5.41) is 5.67. The standard InChI is InChI=1S/C13H14N2OS2/c1-10(18-12-6-2-3-7-14-12)13(16)15-9-11-5-4-8-17-11/h2-8,10H,9H2,1H3,(H,15,16)/t10-/m0/s1. The number of pyridine rings is 1. The van der Waals surface area contributed by atoms with E-state index in [0.717, 1.165) is 5.03 Å². The van der Waals surface area contributed by atoms with E-state index < -0.39 is 0 Å². The number of thiophene rings is 1. The van der Waals surface area contributed by atoms with Crippen LogP contribution in [0.1, 0.15) is 11.8 Å². The molecule has 0 aromatic carbocycles. The summed E-state index contributed by atoms with van der Waals surface area (Å²) in [5.41, 5.74) is 0. The third-order valence-corrected chi connectivity index (χ3v) is 4.25. The molecule has 3 nitrogen and oxygen atoms in total. The Balaban J connectivity index is 1.82. The van der Waals surface area contributed by atoms with Gasteiger partial charge in [-0.05, 0) is 30.5 Å². The second-order valence-corrected chi connectivity index (χ2v) is 6.12. The molecule has 0 saturated heterocycles. The summed E-state index contributed by atoms with van der Waals surface area (Å²) in [5.74, 6) is 0.0408. The Morgan fingerprint density at radius 3 is 3.00 bits per heavy atom. The van der Waals surface area contributed by atoms with Crippen molar-refractivity contribution >= 4 is 29.0 Å². The fourth-order valence-corrected chi connectivity index (χ4v) is 2.86. The molecule has 2 heterocycles.